The Kier molecular flexibility index (Phi) is 2.70. The van der Waals surface area contributed by atoms with Crippen molar-refractivity contribution in [3.63, 3.8) is 0 Å². The van der Waals surface area contributed by atoms with E-state index in [-0.39, 0.29) is 11.4 Å². The Morgan fingerprint density at radius 2 is 2.29 bits per heavy atom. The molecule has 90 valence electrons. The molecule has 5 N–H and O–H groups in total. The van der Waals surface area contributed by atoms with Crippen LogP contribution in [0.15, 0.2) is 23.4 Å². The molecule has 1 aliphatic heterocycles. The highest BCUT2D eigenvalue weighted by Crippen LogP contribution is 2.27. The fourth-order valence-corrected chi connectivity index (χ4v) is 3.03. The van der Waals surface area contributed by atoms with Gasteiger partial charge in [0.25, 0.3) is 0 Å². The number of aliphatic hydroxyl groups is 1. The molecule has 2 aromatic rings. The second kappa shape index (κ2) is 4.21. The molecule has 3 rings (SSSR count). The van der Waals surface area contributed by atoms with Crippen molar-refractivity contribution in [1.82, 2.24) is 15.3 Å². The summed E-state index contributed by atoms with van der Waals surface area (Å²) >= 11 is 1.57. The lowest BCUT2D eigenvalue weighted by molar-refractivity contribution is 0.201. The number of imidazole rings is 1. The van der Waals surface area contributed by atoms with Gasteiger partial charge < -0.3 is 21.1 Å². The Morgan fingerprint density at radius 1 is 1.41 bits per heavy atom. The van der Waals surface area contributed by atoms with E-state index < -0.39 is 0 Å². The zero-order valence-electron chi connectivity index (χ0n) is 9.18. The first kappa shape index (κ1) is 10.9. The number of hydrogen-bond donors (Lipinski definition) is 4. The molecule has 0 aliphatic carbocycles. The molecule has 0 amide bonds. The van der Waals surface area contributed by atoms with Gasteiger partial charge in [-0.3, -0.25) is 0 Å². The third kappa shape index (κ3) is 2.11. The summed E-state index contributed by atoms with van der Waals surface area (Å²) in [6, 6.07) is 5.61. The van der Waals surface area contributed by atoms with E-state index in [2.05, 4.69) is 15.3 Å². The zero-order valence-corrected chi connectivity index (χ0v) is 10.00. The van der Waals surface area contributed by atoms with Crippen molar-refractivity contribution in [3.8, 4) is 0 Å². The lowest BCUT2D eigenvalue weighted by atomic mass is 10.3. The summed E-state index contributed by atoms with van der Waals surface area (Å²) in [4.78, 5) is 7.68. The summed E-state index contributed by atoms with van der Waals surface area (Å²) < 4.78 is 0. The predicted molar refractivity (Wildman–Crippen MR) is 69.0 cm³/mol. The topological polar surface area (TPSA) is 87.0 Å². The van der Waals surface area contributed by atoms with E-state index in [0.717, 1.165) is 28.4 Å². The highest BCUT2D eigenvalue weighted by molar-refractivity contribution is 7.99. The van der Waals surface area contributed by atoms with Crippen molar-refractivity contribution in [1.29, 1.82) is 0 Å². The maximum absolute atomic E-state index is 9.72. The van der Waals surface area contributed by atoms with Crippen molar-refractivity contribution < 1.29 is 5.11 Å². The van der Waals surface area contributed by atoms with Gasteiger partial charge in [-0.05, 0) is 18.2 Å². The minimum Gasteiger partial charge on any atom is -0.399 e. The SMILES string of the molecule is Nc1ccc2nc(SC3CNCC3O)[nH]c2c1. The largest absolute Gasteiger partial charge is 0.399 e. The number of benzene rings is 1. The third-order valence-electron chi connectivity index (χ3n) is 2.88. The first-order chi connectivity index (χ1) is 8.22. The molecule has 1 aromatic heterocycles. The fraction of sp³-hybridized carbons (Fsp3) is 0.364. The molecule has 6 heteroatoms. The molecule has 17 heavy (non-hydrogen) atoms. The van der Waals surface area contributed by atoms with E-state index in [9.17, 15) is 5.11 Å². The number of β-amino-alcohol motifs (C(OH)–C–C–N with tert-alkyl or cyclic N) is 1. The second-order valence-electron chi connectivity index (χ2n) is 4.20. The van der Waals surface area contributed by atoms with Crippen LogP contribution in [0, 0.1) is 0 Å². The number of anilines is 1. The first-order valence-electron chi connectivity index (χ1n) is 5.53. The molecule has 1 saturated heterocycles. The minimum atomic E-state index is -0.307. The minimum absolute atomic E-state index is 0.160. The molecular weight excluding hydrogens is 236 g/mol. The molecular formula is C11H14N4OS. The lowest BCUT2D eigenvalue weighted by Gasteiger charge is -2.09. The van der Waals surface area contributed by atoms with Gasteiger partial charge in [0.1, 0.15) is 0 Å². The Labute approximate surface area is 103 Å². The maximum atomic E-state index is 9.72. The summed E-state index contributed by atoms with van der Waals surface area (Å²) in [6.07, 6.45) is -0.307. The average molecular weight is 250 g/mol. The van der Waals surface area contributed by atoms with Crippen LogP contribution in [0.5, 0.6) is 0 Å². The number of nitrogen functional groups attached to an aromatic ring is 1. The number of thioether (sulfide) groups is 1. The fourth-order valence-electron chi connectivity index (χ4n) is 1.96. The van der Waals surface area contributed by atoms with Crippen LogP contribution < -0.4 is 11.1 Å². The van der Waals surface area contributed by atoms with Crippen LogP contribution in [-0.4, -0.2) is 39.5 Å². The average Bonchev–Trinajstić information content (AvgIpc) is 2.85. The highest BCUT2D eigenvalue weighted by Gasteiger charge is 2.26. The van der Waals surface area contributed by atoms with Crippen molar-refractivity contribution in [2.75, 3.05) is 18.8 Å². The quantitative estimate of drug-likeness (QED) is 0.585. The van der Waals surface area contributed by atoms with Gasteiger partial charge >= 0.3 is 0 Å². The summed E-state index contributed by atoms with van der Waals surface area (Å²) in [6.45, 7) is 1.47. The molecule has 2 unspecified atom stereocenters. The monoisotopic (exact) mass is 250 g/mol. The van der Waals surface area contributed by atoms with Gasteiger partial charge in [0.05, 0.1) is 22.4 Å². The first-order valence-corrected chi connectivity index (χ1v) is 6.41. The molecule has 5 nitrogen and oxygen atoms in total. The third-order valence-corrected chi connectivity index (χ3v) is 4.08. The van der Waals surface area contributed by atoms with E-state index >= 15 is 0 Å². The van der Waals surface area contributed by atoms with Gasteiger partial charge in [-0.1, -0.05) is 11.8 Å². The van der Waals surface area contributed by atoms with Crippen LogP contribution in [0.3, 0.4) is 0 Å². The number of hydrogen-bond acceptors (Lipinski definition) is 5. The normalized spacial score (nSPS) is 24.5. The number of aromatic nitrogens is 2. The van der Waals surface area contributed by atoms with Gasteiger partial charge in [-0.25, -0.2) is 4.98 Å². The molecule has 0 bridgehead atoms. The van der Waals surface area contributed by atoms with E-state index in [0.29, 0.717) is 6.54 Å². The molecule has 1 fully saturated rings. The summed E-state index contributed by atoms with van der Waals surface area (Å²) in [5.41, 5.74) is 8.28. The Morgan fingerprint density at radius 3 is 3.06 bits per heavy atom. The maximum Gasteiger partial charge on any atom is 0.166 e. The number of aliphatic hydroxyl groups excluding tert-OH is 1. The molecule has 1 aromatic carbocycles. The van der Waals surface area contributed by atoms with Gasteiger partial charge in [-0.15, -0.1) is 0 Å². The molecule has 0 saturated carbocycles. The Hall–Kier alpha value is -1.24. The van der Waals surface area contributed by atoms with Gasteiger partial charge in [-0.2, -0.15) is 0 Å². The highest BCUT2D eigenvalue weighted by atomic mass is 32.2. The van der Waals surface area contributed by atoms with Crippen LogP contribution in [0.1, 0.15) is 0 Å². The number of fused-ring (bicyclic) bond motifs is 1. The summed E-state index contributed by atoms with van der Waals surface area (Å²) in [7, 11) is 0. The second-order valence-corrected chi connectivity index (χ2v) is 5.43. The van der Waals surface area contributed by atoms with Crippen LogP contribution in [-0.2, 0) is 0 Å². The number of H-pyrrole nitrogens is 1. The summed E-state index contributed by atoms with van der Waals surface area (Å²) in [5.74, 6) is 0. The van der Waals surface area contributed by atoms with Crippen LogP contribution in [0.2, 0.25) is 0 Å². The van der Waals surface area contributed by atoms with Crippen LogP contribution >= 0.6 is 11.8 Å². The number of nitrogens with two attached hydrogens (primary N) is 1. The molecule has 0 spiro atoms. The van der Waals surface area contributed by atoms with Crippen molar-refractivity contribution >= 4 is 28.5 Å². The zero-order chi connectivity index (χ0) is 11.8. The van der Waals surface area contributed by atoms with E-state index in [1.165, 1.54) is 0 Å². The molecule has 0 radical (unpaired) electrons. The van der Waals surface area contributed by atoms with Gasteiger partial charge in [0.2, 0.25) is 0 Å². The van der Waals surface area contributed by atoms with Gasteiger partial charge in [0.15, 0.2) is 5.16 Å². The van der Waals surface area contributed by atoms with E-state index in [4.69, 9.17) is 5.73 Å². The standard InChI is InChI=1S/C11H14N4OS/c12-6-1-2-7-8(3-6)15-11(14-7)17-10-5-13-4-9(10)16/h1-3,9-10,13,16H,4-5,12H2,(H,14,15). The number of rotatable bonds is 2. The van der Waals surface area contributed by atoms with Crippen LogP contribution in [0.4, 0.5) is 5.69 Å². The van der Waals surface area contributed by atoms with Crippen LogP contribution in [0.25, 0.3) is 11.0 Å². The van der Waals surface area contributed by atoms with Crippen molar-refractivity contribution in [2.24, 2.45) is 0 Å². The number of aromatic amines is 1. The molecule has 2 heterocycles. The van der Waals surface area contributed by atoms with Crippen molar-refractivity contribution in [2.45, 2.75) is 16.5 Å². The molecule has 1 aliphatic rings. The van der Waals surface area contributed by atoms with Crippen molar-refractivity contribution in [3.05, 3.63) is 18.2 Å². The molecule has 2 atom stereocenters. The number of nitrogens with one attached hydrogen (secondary N) is 2. The smallest absolute Gasteiger partial charge is 0.166 e. The predicted octanol–water partition coefficient (Wildman–Crippen LogP) is 0.570. The lowest BCUT2D eigenvalue weighted by Crippen LogP contribution is -2.20. The number of nitrogens with zero attached hydrogens (tertiary/aromatic N) is 1. The Balaban J connectivity index is 1.85. The van der Waals surface area contributed by atoms with E-state index in [1.54, 1.807) is 11.8 Å². The Bertz CT molecular complexity index is 541. The van der Waals surface area contributed by atoms with E-state index in [1.807, 2.05) is 18.2 Å². The summed E-state index contributed by atoms with van der Waals surface area (Å²) in [5, 5.41) is 13.9. The van der Waals surface area contributed by atoms with Gasteiger partial charge in [0, 0.05) is 18.8 Å².